The number of urea groups is 1. The molecule has 0 aliphatic carbocycles. The molecule has 0 radical (unpaired) electrons. The minimum atomic E-state index is -0.699. The number of carbonyl (C=O) groups is 1. The Bertz CT molecular complexity index is 1300. The van der Waals surface area contributed by atoms with E-state index in [9.17, 15) is 13.6 Å². The lowest BCUT2D eigenvalue weighted by Crippen LogP contribution is -2.38. The van der Waals surface area contributed by atoms with E-state index in [4.69, 9.17) is 0 Å². The molecule has 3 aromatic carbocycles. The Kier molecular flexibility index (Phi) is 5.27. The Morgan fingerprint density at radius 1 is 0.938 bits per heavy atom. The molecule has 1 N–H and O–H groups in total. The third-order valence-corrected chi connectivity index (χ3v) is 5.99. The molecule has 2 heterocycles. The van der Waals surface area contributed by atoms with Crippen LogP contribution in [0.3, 0.4) is 0 Å². The second-order valence-electron chi connectivity index (χ2n) is 7.61. The number of anilines is 1. The molecule has 2 amide bonds. The zero-order valence-corrected chi connectivity index (χ0v) is 18.4. The van der Waals surface area contributed by atoms with E-state index in [0.29, 0.717) is 11.3 Å². The van der Waals surface area contributed by atoms with Gasteiger partial charge >= 0.3 is 6.03 Å². The molecule has 1 atom stereocenters. The summed E-state index contributed by atoms with van der Waals surface area (Å²) < 4.78 is 31.2. The monoisotopic (exact) mass is 493 g/mol. The van der Waals surface area contributed by atoms with Gasteiger partial charge in [-0.15, -0.1) is 0 Å². The van der Waals surface area contributed by atoms with E-state index in [-0.39, 0.29) is 12.6 Å². The summed E-state index contributed by atoms with van der Waals surface area (Å²) in [7, 11) is 0. The number of halogens is 3. The van der Waals surface area contributed by atoms with Crippen molar-refractivity contribution in [2.24, 2.45) is 0 Å². The van der Waals surface area contributed by atoms with Crippen molar-refractivity contribution >= 4 is 27.6 Å². The molecular formula is C25H18BrF2N3O. The number of nitrogens with one attached hydrogen (secondary N) is 1. The second kappa shape index (κ2) is 8.24. The van der Waals surface area contributed by atoms with Crippen LogP contribution in [-0.4, -0.2) is 15.5 Å². The van der Waals surface area contributed by atoms with Crippen molar-refractivity contribution in [2.75, 3.05) is 5.32 Å². The fourth-order valence-corrected chi connectivity index (χ4v) is 4.58. The number of benzene rings is 3. The van der Waals surface area contributed by atoms with Gasteiger partial charge < -0.3 is 14.8 Å². The van der Waals surface area contributed by atoms with Crippen LogP contribution >= 0.6 is 15.9 Å². The molecule has 0 bridgehead atoms. The van der Waals surface area contributed by atoms with Gasteiger partial charge in [-0.25, -0.2) is 13.6 Å². The Morgan fingerprint density at radius 3 is 2.50 bits per heavy atom. The van der Waals surface area contributed by atoms with Gasteiger partial charge in [0.15, 0.2) is 0 Å². The first kappa shape index (κ1) is 20.5. The van der Waals surface area contributed by atoms with Crippen molar-refractivity contribution in [2.45, 2.75) is 12.6 Å². The van der Waals surface area contributed by atoms with E-state index in [2.05, 4.69) is 21.2 Å². The smallest absolute Gasteiger partial charge is 0.318 e. The summed E-state index contributed by atoms with van der Waals surface area (Å²) in [4.78, 5) is 15.1. The Morgan fingerprint density at radius 2 is 1.72 bits per heavy atom. The first-order valence-corrected chi connectivity index (χ1v) is 10.8. The maximum atomic E-state index is 14.2. The molecule has 160 valence electrons. The number of fused-ring (bicyclic) bond motifs is 3. The third-order valence-electron chi connectivity index (χ3n) is 5.50. The average Bonchev–Trinajstić information content (AvgIpc) is 3.17. The lowest BCUT2D eigenvalue weighted by molar-refractivity contribution is 0.194. The molecule has 0 saturated carbocycles. The highest BCUT2D eigenvalue weighted by Gasteiger charge is 2.33. The van der Waals surface area contributed by atoms with Gasteiger partial charge in [-0.05, 0) is 59.7 Å². The maximum absolute atomic E-state index is 14.2. The SMILES string of the molecule is O=C(Nc1cccc(Br)c1)N1Cc2ccccc2-n2cccc2C1c1cc(F)cc(F)c1. The topological polar surface area (TPSA) is 37.3 Å². The van der Waals surface area contributed by atoms with Crippen LogP contribution in [0, 0.1) is 11.6 Å². The summed E-state index contributed by atoms with van der Waals surface area (Å²) >= 11 is 3.41. The molecule has 4 aromatic rings. The van der Waals surface area contributed by atoms with Crippen LogP contribution in [0.25, 0.3) is 5.69 Å². The third kappa shape index (κ3) is 3.80. The molecule has 1 aromatic heterocycles. The molecular weight excluding hydrogens is 476 g/mol. The van der Waals surface area contributed by atoms with Crippen molar-refractivity contribution in [1.29, 1.82) is 0 Å². The number of nitrogens with zero attached hydrogens (tertiary/aromatic N) is 2. The lowest BCUT2D eigenvalue weighted by atomic mass is 10.0. The fourth-order valence-electron chi connectivity index (χ4n) is 4.18. The van der Waals surface area contributed by atoms with E-state index in [1.165, 1.54) is 12.1 Å². The van der Waals surface area contributed by atoms with Crippen LogP contribution in [0.5, 0.6) is 0 Å². The summed E-state index contributed by atoms with van der Waals surface area (Å²) in [6.45, 7) is 0.264. The van der Waals surface area contributed by atoms with E-state index in [1.54, 1.807) is 17.0 Å². The van der Waals surface area contributed by atoms with Crippen molar-refractivity contribution < 1.29 is 13.6 Å². The van der Waals surface area contributed by atoms with E-state index >= 15 is 0 Å². The van der Waals surface area contributed by atoms with Gasteiger partial charge in [0.2, 0.25) is 0 Å². The minimum absolute atomic E-state index is 0.264. The summed E-state index contributed by atoms with van der Waals surface area (Å²) in [5.74, 6) is -1.38. The number of hydrogen-bond donors (Lipinski definition) is 1. The van der Waals surface area contributed by atoms with Crippen LogP contribution < -0.4 is 5.32 Å². The number of carbonyl (C=O) groups excluding carboxylic acids is 1. The molecule has 1 aliphatic heterocycles. The molecule has 5 rings (SSSR count). The van der Waals surface area contributed by atoms with Crippen LogP contribution in [0.1, 0.15) is 22.9 Å². The average molecular weight is 494 g/mol. The van der Waals surface area contributed by atoms with E-state index in [1.807, 2.05) is 59.3 Å². The van der Waals surface area contributed by atoms with Crippen LogP contribution in [0.2, 0.25) is 0 Å². The number of para-hydroxylation sites is 1. The molecule has 4 nitrogen and oxygen atoms in total. The molecule has 32 heavy (non-hydrogen) atoms. The van der Waals surface area contributed by atoms with Crippen molar-refractivity contribution in [1.82, 2.24) is 9.47 Å². The summed E-state index contributed by atoms with van der Waals surface area (Å²) in [5, 5.41) is 2.92. The molecule has 1 aliphatic rings. The Hall–Kier alpha value is -3.45. The predicted octanol–water partition coefficient (Wildman–Crippen LogP) is 6.66. The largest absolute Gasteiger partial charge is 0.322 e. The Balaban J connectivity index is 1.66. The molecule has 0 spiro atoms. The zero-order chi connectivity index (χ0) is 22.2. The summed E-state index contributed by atoms with van der Waals surface area (Å²) in [6.07, 6.45) is 1.90. The normalized spacial score (nSPS) is 15.0. The van der Waals surface area contributed by atoms with Crippen molar-refractivity contribution in [3.05, 3.63) is 118 Å². The van der Waals surface area contributed by atoms with Gasteiger partial charge in [-0.1, -0.05) is 40.2 Å². The Labute approximate surface area is 192 Å². The summed E-state index contributed by atoms with van der Waals surface area (Å²) in [5.41, 5.74) is 3.56. The number of hydrogen-bond acceptors (Lipinski definition) is 1. The predicted molar refractivity (Wildman–Crippen MR) is 123 cm³/mol. The number of rotatable bonds is 2. The molecule has 0 saturated heterocycles. The van der Waals surface area contributed by atoms with Gasteiger partial charge in [0.05, 0.1) is 18.3 Å². The minimum Gasteiger partial charge on any atom is -0.318 e. The molecule has 0 fully saturated rings. The maximum Gasteiger partial charge on any atom is 0.322 e. The molecule has 1 unspecified atom stereocenters. The highest BCUT2D eigenvalue weighted by Crippen LogP contribution is 2.37. The van der Waals surface area contributed by atoms with Gasteiger partial charge in [-0.3, -0.25) is 0 Å². The fraction of sp³-hybridized carbons (Fsp3) is 0.0800. The first-order chi connectivity index (χ1) is 15.5. The summed E-state index contributed by atoms with van der Waals surface area (Å²) in [6, 6.07) is 21.1. The van der Waals surface area contributed by atoms with E-state index < -0.39 is 17.7 Å². The van der Waals surface area contributed by atoms with Gasteiger partial charge in [0.25, 0.3) is 0 Å². The van der Waals surface area contributed by atoms with Crippen molar-refractivity contribution in [3.8, 4) is 5.69 Å². The highest BCUT2D eigenvalue weighted by atomic mass is 79.9. The second-order valence-corrected chi connectivity index (χ2v) is 8.52. The van der Waals surface area contributed by atoms with Crippen LogP contribution in [0.15, 0.2) is 89.5 Å². The van der Waals surface area contributed by atoms with Gasteiger partial charge in [0, 0.05) is 28.1 Å². The number of amides is 2. The lowest BCUT2D eigenvalue weighted by Gasteiger charge is -2.31. The van der Waals surface area contributed by atoms with Gasteiger partial charge in [-0.2, -0.15) is 0 Å². The number of aromatic nitrogens is 1. The van der Waals surface area contributed by atoms with Crippen molar-refractivity contribution in [3.63, 3.8) is 0 Å². The first-order valence-electron chi connectivity index (χ1n) is 10.0. The van der Waals surface area contributed by atoms with Crippen LogP contribution in [0.4, 0.5) is 19.3 Å². The zero-order valence-electron chi connectivity index (χ0n) is 16.8. The van der Waals surface area contributed by atoms with Crippen LogP contribution in [-0.2, 0) is 6.54 Å². The molecule has 7 heteroatoms. The highest BCUT2D eigenvalue weighted by molar-refractivity contribution is 9.10. The van der Waals surface area contributed by atoms with Gasteiger partial charge in [0.1, 0.15) is 11.6 Å². The van der Waals surface area contributed by atoms with E-state index in [0.717, 1.165) is 27.5 Å². The standard InChI is InChI=1S/C25H18BrF2N3O/c26-18-6-3-7-21(13-18)29-25(32)31-15-16-5-1-2-8-22(16)30-10-4-9-23(30)24(31)17-11-19(27)14-20(28)12-17/h1-14,24H,15H2,(H,29,32). The quantitative estimate of drug-likeness (QED) is 0.333.